The quantitative estimate of drug-likeness (QED) is 0.502. The minimum absolute atomic E-state index is 0.639. The molecule has 1 aliphatic heterocycles. The Labute approximate surface area is 174 Å². The number of rotatable bonds is 10. The van der Waals surface area contributed by atoms with Crippen LogP contribution in [-0.2, 0) is 9.57 Å². The van der Waals surface area contributed by atoms with Gasteiger partial charge in [0.15, 0.2) is 5.76 Å². The van der Waals surface area contributed by atoms with E-state index in [0.29, 0.717) is 18.9 Å². The predicted octanol–water partition coefficient (Wildman–Crippen LogP) is 5.47. The molecule has 3 rings (SSSR count). The molecule has 154 valence electrons. The Bertz CT molecular complexity index is 819. The number of hydrogen-bond donors (Lipinski definition) is 0. The number of methoxy groups -OCH3 is 1. The number of hydrazine groups is 1. The van der Waals surface area contributed by atoms with E-state index >= 15 is 0 Å². The average molecular weight is 394 g/mol. The van der Waals surface area contributed by atoms with E-state index in [1.54, 1.807) is 12.3 Å². The molecule has 0 spiro atoms. The van der Waals surface area contributed by atoms with Crippen LogP contribution in [-0.4, -0.2) is 36.3 Å². The van der Waals surface area contributed by atoms with Gasteiger partial charge in [0, 0.05) is 11.1 Å². The molecular weight excluding hydrogens is 362 g/mol. The molecule has 0 aliphatic carbocycles. The smallest absolute Gasteiger partial charge is 0.175 e. The van der Waals surface area contributed by atoms with Crippen LogP contribution in [0.1, 0.15) is 50.7 Å². The molecule has 0 saturated heterocycles. The Balaban J connectivity index is 2.01. The third-order valence-corrected chi connectivity index (χ3v) is 4.84. The van der Waals surface area contributed by atoms with E-state index in [1.165, 1.54) is 12.8 Å². The van der Waals surface area contributed by atoms with Crippen LogP contribution in [0.25, 0.3) is 5.70 Å². The Morgan fingerprint density at radius 2 is 1.48 bits per heavy atom. The first-order chi connectivity index (χ1) is 14.3. The van der Waals surface area contributed by atoms with Crippen LogP contribution in [0.3, 0.4) is 0 Å². The summed E-state index contributed by atoms with van der Waals surface area (Å²) in [5, 5.41) is 8.53. The lowest BCUT2D eigenvalue weighted by atomic mass is 10.0. The van der Waals surface area contributed by atoms with Crippen molar-refractivity contribution in [2.45, 2.75) is 39.5 Å². The fourth-order valence-electron chi connectivity index (χ4n) is 3.34. The Hall–Kier alpha value is -2.79. The highest BCUT2D eigenvalue weighted by atomic mass is 16.7. The number of unbranched alkanes of at least 4 members (excludes halogenated alkanes) is 3. The number of benzene rings is 2. The van der Waals surface area contributed by atoms with Crippen LogP contribution >= 0.6 is 0 Å². The van der Waals surface area contributed by atoms with E-state index < -0.39 is 0 Å². The molecule has 29 heavy (non-hydrogen) atoms. The molecule has 1 aliphatic rings. The summed E-state index contributed by atoms with van der Waals surface area (Å²) in [6, 6.07) is 20.3. The maximum atomic E-state index is 6.23. The Morgan fingerprint density at radius 3 is 2.07 bits per heavy atom. The van der Waals surface area contributed by atoms with Crippen LogP contribution in [0.5, 0.6) is 0 Å². The largest absolute Gasteiger partial charge is 0.492 e. The highest BCUT2D eigenvalue weighted by Crippen LogP contribution is 2.32. The number of hydrogen-bond acceptors (Lipinski definition) is 5. The summed E-state index contributed by atoms with van der Waals surface area (Å²) < 4.78 is 5.89. The van der Waals surface area contributed by atoms with Gasteiger partial charge in [-0.05, 0) is 13.3 Å². The van der Waals surface area contributed by atoms with E-state index in [4.69, 9.17) is 14.7 Å². The minimum atomic E-state index is 0.639. The zero-order valence-electron chi connectivity index (χ0n) is 17.7. The minimum Gasteiger partial charge on any atom is -0.492 e. The second-order valence-electron chi connectivity index (χ2n) is 6.92. The SMILES string of the molecule is CCCCCCON1C(c2ccccc2)=C(OC)C(c2ccccc2)=NN1CC. The summed E-state index contributed by atoms with van der Waals surface area (Å²) in [5.41, 5.74) is 3.72. The molecule has 2 aromatic rings. The van der Waals surface area contributed by atoms with E-state index in [-0.39, 0.29) is 0 Å². The van der Waals surface area contributed by atoms with Crippen LogP contribution in [0.4, 0.5) is 0 Å². The molecule has 0 N–H and O–H groups in total. The first-order valence-electron chi connectivity index (χ1n) is 10.5. The van der Waals surface area contributed by atoms with Crippen molar-refractivity contribution in [3.05, 3.63) is 77.5 Å². The van der Waals surface area contributed by atoms with Crippen molar-refractivity contribution in [3.8, 4) is 0 Å². The van der Waals surface area contributed by atoms with Crippen LogP contribution < -0.4 is 0 Å². The molecular formula is C24H31N3O2. The molecule has 2 aromatic carbocycles. The predicted molar refractivity (Wildman–Crippen MR) is 118 cm³/mol. The zero-order valence-corrected chi connectivity index (χ0v) is 17.7. The monoisotopic (exact) mass is 393 g/mol. The van der Waals surface area contributed by atoms with Gasteiger partial charge in [0.1, 0.15) is 11.4 Å². The molecule has 0 amide bonds. The molecule has 0 radical (unpaired) electrons. The van der Waals surface area contributed by atoms with E-state index in [1.807, 2.05) is 41.5 Å². The summed E-state index contributed by atoms with van der Waals surface area (Å²) in [5.74, 6) is 0.709. The number of nitrogens with zero attached hydrogens (tertiary/aromatic N) is 3. The van der Waals surface area contributed by atoms with Crippen molar-refractivity contribution < 1.29 is 9.57 Å². The second-order valence-corrected chi connectivity index (χ2v) is 6.92. The van der Waals surface area contributed by atoms with Gasteiger partial charge in [0.25, 0.3) is 0 Å². The van der Waals surface area contributed by atoms with E-state index in [9.17, 15) is 0 Å². The Kier molecular flexibility index (Phi) is 7.70. The summed E-state index contributed by atoms with van der Waals surface area (Å²) in [4.78, 5) is 6.23. The summed E-state index contributed by atoms with van der Waals surface area (Å²) in [6.07, 6.45) is 4.61. The van der Waals surface area contributed by atoms with Crippen LogP contribution in [0, 0.1) is 0 Å². The average Bonchev–Trinajstić information content (AvgIpc) is 2.79. The maximum absolute atomic E-state index is 6.23. The Morgan fingerprint density at radius 1 is 0.828 bits per heavy atom. The van der Waals surface area contributed by atoms with Crippen molar-refractivity contribution in [2.24, 2.45) is 5.10 Å². The number of allylic oxidation sites excluding steroid dienone is 1. The zero-order chi connectivity index (χ0) is 20.5. The molecule has 0 aromatic heterocycles. The first kappa shape index (κ1) is 20.9. The van der Waals surface area contributed by atoms with Gasteiger partial charge in [-0.1, -0.05) is 86.8 Å². The highest BCUT2D eigenvalue weighted by molar-refractivity contribution is 6.15. The summed E-state index contributed by atoms with van der Waals surface area (Å²) in [6.45, 7) is 5.60. The first-order valence-corrected chi connectivity index (χ1v) is 10.5. The summed E-state index contributed by atoms with van der Waals surface area (Å²) >= 11 is 0. The number of ether oxygens (including phenoxy) is 1. The maximum Gasteiger partial charge on any atom is 0.175 e. The van der Waals surface area contributed by atoms with Crippen molar-refractivity contribution in [3.63, 3.8) is 0 Å². The molecule has 0 unspecified atom stereocenters. The number of hydroxylamine groups is 1. The van der Waals surface area contributed by atoms with Crippen molar-refractivity contribution >= 4 is 11.4 Å². The van der Waals surface area contributed by atoms with Crippen LogP contribution in [0.15, 0.2) is 71.5 Å². The van der Waals surface area contributed by atoms with Gasteiger partial charge in [0.05, 0.1) is 20.3 Å². The van der Waals surface area contributed by atoms with Gasteiger partial charge in [-0.3, -0.25) is 4.84 Å². The van der Waals surface area contributed by atoms with Gasteiger partial charge in [-0.2, -0.15) is 10.2 Å². The molecule has 1 heterocycles. The highest BCUT2D eigenvalue weighted by Gasteiger charge is 2.32. The molecule has 5 heteroatoms. The van der Waals surface area contributed by atoms with Gasteiger partial charge in [0.2, 0.25) is 0 Å². The van der Waals surface area contributed by atoms with E-state index in [0.717, 1.165) is 35.4 Å². The van der Waals surface area contributed by atoms with Gasteiger partial charge >= 0.3 is 0 Å². The van der Waals surface area contributed by atoms with E-state index in [2.05, 4.69) is 38.1 Å². The van der Waals surface area contributed by atoms with Crippen molar-refractivity contribution in [2.75, 3.05) is 20.3 Å². The summed E-state index contributed by atoms with van der Waals surface area (Å²) in [7, 11) is 1.69. The van der Waals surface area contributed by atoms with Gasteiger partial charge in [-0.25, -0.2) is 0 Å². The standard InChI is InChI=1S/C24H31N3O2/c1-4-6-7-14-19-29-27-23(21-17-12-9-13-18-21)24(28-3)22(25-26(27)5-2)20-15-10-8-11-16-20/h8-13,15-18H,4-7,14,19H2,1-3H3. The molecule has 0 atom stereocenters. The van der Waals surface area contributed by atoms with Gasteiger partial charge < -0.3 is 4.74 Å². The normalized spacial score (nSPS) is 14.2. The second kappa shape index (κ2) is 10.7. The lowest BCUT2D eigenvalue weighted by molar-refractivity contribution is -0.242. The molecule has 5 nitrogen and oxygen atoms in total. The molecule has 0 bridgehead atoms. The third kappa shape index (κ3) is 4.98. The fourth-order valence-corrected chi connectivity index (χ4v) is 3.34. The third-order valence-electron chi connectivity index (χ3n) is 4.84. The van der Waals surface area contributed by atoms with Crippen LogP contribution in [0.2, 0.25) is 0 Å². The lowest BCUT2D eigenvalue weighted by Crippen LogP contribution is -2.43. The topological polar surface area (TPSA) is 37.3 Å². The molecule has 0 fully saturated rings. The number of hydrazone groups is 1. The lowest BCUT2D eigenvalue weighted by Gasteiger charge is -2.38. The molecule has 0 saturated carbocycles. The van der Waals surface area contributed by atoms with Crippen molar-refractivity contribution in [1.29, 1.82) is 0 Å². The fraction of sp³-hybridized carbons (Fsp3) is 0.375. The van der Waals surface area contributed by atoms with Crippen molar-refractivity contribution in [1.82, 2.24) is 10.3 Å². The van der Waals surface area contributed by atoms with Gasteiger partial charge in [-0.15, -0.1) is 5.17 Å².